The quantitative estimate of drug-likeness (QED) is 0.920. The fourth-order valence-electron chi connectivity index (χ4n) is 3.23. The van der Waals surface area contributed by atoms with Gasteiger partial charge in [0.2, 0.25) is 0 Å². The van der Waals surface area contributed by atoms with Gasteiger partial charge in [0.15, 0.2) is 0 Å². The monoisotopic (exact) mass is 282 g/mol. The summed E-state index contributed by atoms with van der Waals surface area (Å²) in [4.78, 5) is 0. The molecule has 108 valence electrons. The molecule has 21 heavy (non-hydrogen) atoms. The molecule has 2 aliphatic rings. The molecule has 1 N–H and O–H groups in total. The van der Waals surface area contributed by atoms with Crippen LogP contribution in [-0.4, -0.2) is 17.3 Å². The van der Waals surface area contributed by atoms with Crippen LogP contribution in [0.5, 0.6) is 11.5 Å². The second-order valence-corrected chi connectivity index (χ2v) is 5.91. The van der Waals surface area contributed by atoms with Gasteiger partial charge in [0.05, 0.1) is 0 Å². The summed E-state index contributed by atoms with van der Waals surface area (Å²) in [5, 5.41) is 10.6. The van der Waals surface area contributed by atoms with Gasteiger partial charge in [-0.1, -0.05) is 24.3 Å². The van der Waals surface area contributed by atoms with Crippen molar-refractivity contribution in [1.29, 1.82) is 0 Å². The summed E-state index contributed by atoms with van der Waals surface area (Å²) in [7, 11) is 0. The molecule has 0 spiro atoms. The van der Waals surface area contributed by atoms with E-state index in [1.165, 1.54) is 11.1 Å². The Balaban J connectivity index is 1.57. The standard InChI is InChI=1S/C18H18O3/c1-11-8-14-9-13(6-7-16(14)20-11)18(19)17-10-12-4-2-3-5-15(12)21-17/h2-7,9,11,17-19H,8,10H2,1H3. The smallest absolute Gasteiger partial charge is 0.133 e. The largest absolute Gasteiger partial charge is 0.490 e. The minimum absolute atomic E-state index is 0.208. The Labute approximate surface area is 124 Å². The van der Waals surface area contributed by atoms with Gasteiger partial charge >= 0.3 is 0 Å². The maximum Gasteiger partial charge on any atom is 0.133 e. The lowest BCUT2D eigenvalue weighted by Crippen LogP contribution is -2.23. The van der Waals surface area contributed by atoms with E-state index in [0.29, 0.717) is 0 Å². The van der Waals surface area contributed by atoms with Gasteiger partial charge in [0, 0.05) is 12.8 Å². The second kappa shape index (κ2) is 4.78. The molecule has 2 heterocycles. The number of para-hydroxylation sites is 1. The van der Waals surface area contributed by atoms with Gasteiger partial charge in [-0.2, -0.15) is 0 Å². The van der Waals surface area contributed by atoms with Crippen LogP contribution in [0.2, 0.25) is 0 Å². The van der Waals surface area contributed by atoms with Crippen LogP contribution in [0.15, 0.2) is 42.5 Å². The van der Waals surface area contributed by atoms with Crippen LogP contribution in [-0.2, 0) is 12.8 Å². The third-order valence-electron chi connectivity index (χ3n) is 4.29. The second-order valence-electron chi connectivity index (χ2n) is 5.91. The summed E-state index contributed by atoms with van der Waals surface area (Å²) in [6, 6.07) is 13.9. The molecule has 4 rings (SSSR count). The molecular weight excluding hydrogens is 264 g/mol. The van der Waals surface area contributed by atoms with Gasteiger partial charge in [-0.15, -0.1) is 0 Å². The SMILES string of the molecule is CC1Cc2cc(C(O)C3Cc4ccccc4O3)ccc2O1. The molecule has 3 nitrogen and oxygen atoms in total. The first-order valence-corrected chi connectivity index (χ1v) is 7.43. The van der Waals surface area contributed by atoms with Crippen molar-refractivity contribution < 1.29 is 14.6 Å². The van der Waals surface area contributed by atoms with Gasteiger partial charge in [-0.05, 0) is 41.8 Å². The highest BCUT2D eigenvalue weighted by Gasteiger charge is 2.31. The molecular formula is C18H18O3. The van der Waals surface area contributed by atoms with E-state index in [-0.39, 0.29) is 12.2 Å². The number of hydrogen-bond acceptors (Lipinski definition) is 3. The van der Waals surface area contributed by atoms with Crippen LogP contribution in [0.25, 0.3) is 0 Å². The van der Waals surface area contributed by atoms with Gasteiger partial charge < -0.3 is 14.6 Å². The Morgan fingerprint density at radius 3 is 2.67 bits per heavy atom. The number of rotatable bonds is 2. The first-order chi connectivity index (χ1) is 10.2. The van der Waals surface area contributed by atoms with E-state index in [9.17, 15) is 5.11 Å². The topological polar surface area (TPSA) is 38.7 Å². The Bertz CT molecular complexity index is 655. The lowest BCUT2D eigenvalue weighted by atomic mass is 9.97. The average molecular weight is 282 g/mol. The van der Waals surface area contributed by atoms with Crippen molar-refractivity contribution in [2.45, 2.75) is 38.1 Å². The molecule has 0 aliphatic carbocycles. The fraction of sp³-hybridized carbons (Fsp3) is 0.333. The van der Waals surface area contributed by atoms with Crippen molar-refractivity contribution in [3.05, 3.63) is 59.2 Å². The molecule has 2 aromatic rings. The van der Waals surface area contributed by atoms with Crippen LogP contribution >= 0.6 is 0 Å². The molecule has 2 aliphatic heterocycles. The van der Waals surface area contributed by atoms with Crippen molar-refractivity contribution in [2.24, 2.45) is 0 Å². The normalized spacial score (nSPS) is 23.9. The van der Waals surface area contributed by atoms with Crippen LogP contribution in [0, 0.1) is 0 Å². The predicted molar refractivity (Wildman–Crippen MR) is 79.8 cm³/mol. The first-order valence-electron chi connectivity index (χ1n) is 7.43. The Kier molecular flexibility index (Phi) is 2.89. The van der Waals surface area contributed by atoms with Crippen molar-refractivity contribution in [3.63, 3.8) is 0 Å². The number of fused-ring (bicyclic) bond motifs is 2. The zero-order valence-electron chi connectivity index (χ0n) is 12.0. The summed E-state index contributed by atoms with van der Waals surface area (Å²) in [6.45, 7) is 2.06. The third kappa shape index (κ3) is 2.18. The predicted octanol–water partition coefficient (Wildman–Crippen LogP) is 3.05. The zero-order valence-corrected chi connectivity index (χ0v) is 12.0. The minimum Gasteiger partial charge on any atom is -0.490 e. The van der Waals surface area contributed by atoms with E-state index in [0.717, 1.165) is 29.9 Å². The van der Waals surface area contributed by atoms with E-state index in [1.54, 1.807) is 0 Å². The minimum atomic E-state index is -0.612. The van der Waals surface area contributed by atoms with Crippen LogP contribution < -0.4 is 9.47 Å². The lowest BCUT2D eigenvalue weighted by Gasteiger charge is -2.19. The summed E-state index contributed by atoms with van der Waals surface area (Å²) < 4.78 is 11.6. The van der Waals surface area contributed by atoms with E-state index < -0.39 is 6.10 Å². The summed E-state index contributed by atoms with van der Waals surface area (Å²) >= 11 is 0. The van der Waals surface area contributed by atoms with Crippen LogP contribution in [0.1, 0.15) is 29.7 Å². The highest BCUT2D eigenvalue weighted by atomic mass is 16.5. The lowest BCUT2D eigenvalue weighted by molar-refractivity contribution is 0.0491. The van der Waals surface area contributed by atoms with E-state index in [1.807, 2.05) is 30.3 Å². The summed E-state index contributed by atoms with van der Waals surface area (Å²) in [5.41, 5.74) is 3.25. The Morgan fingerprint density at radius 2 is 1.81 bits per heavy atom. The maximum atomic E-state index is 10.6. The molecule has 0 fully saturated rings. The molecule has 0 bridgehead atoms. The average Bonchev–Trinajstić information content (AvgIpc) is 3.07. The molecule has 0 amide bonds. The zero-order chi connectivity index (χ0) is 14.4. The number of aliphatic hydroxyl groups excluding tert-OH is 1. The van der Waals surface area contributed by atoms with Crippen molar-refractivity contribution >= 4 is 0 Å². The van der Waals surface area contributed by atoms with Crippen LogP contribution in [0.4, 0.5) is 0 Å². The van der Waals surface area contributed by atoms with Crippen molar-refractivity contribution in [1.82, 2.24) is 0 Å². The maximum absolute atomic E-state index is 10.6. The Hall–Kier alpha value is -2.00. The molecule has 0 saturated heterocycles. The molecule has 2 aromatic carbocycles. The Morgan fingerprint density at radius 1 is 1.00 bits per heavy atom. The molecule has 3 heteroatoms. The molecule has 0 saturated carbocycles. The fourth-order valence-corrected chi connectivity index (χ4v) is 3.23. The molecule has 3 atom stereocenters. The van der Waals surface area contributed by atoms with Crippen LogP contribution in [0.3, 0.4) is 0 Å². The van der Waals surface area contributed by atoms with Crippen molar-refractivity contribution in [2.75, 3.05) is 0 Å². The number of benzene rings is 2. The van der Waals surface area contributed by atoms with Gasteiger partial charge in [-0.3, -0.25) is 0 Å². The number of hydrogen-bond donors (Lipinski definition) is 1. The first kappa shape index (κ1) is 12.7. The van der Waals surface area contributed by atoms with E-state index >= 15 is 0 Å². The third-order valence-corrected chi connectivity index (χ3v) is 4.29. The van der Waals surface area contributed by atoms with Gasteiger partial charge in [-0.25, -0.2) is 0 Å². The van der Waals surface area contributed by atoms with Crippen molar-refractivity contribution in [3.8, 4) is 11.5 Å². The van der Waals surface area contributed by atoms with Gasteiger partial charge in [0.1, 0.15) is 29.8 Å². The number of ether oxygens (including phenoxy) is 2. The number of aliphatic hydroxyl groups is 1. The highest BCUT2D eigenvalue weighted by molar-refractivity contribution is 5.43. The summed E-state index contributed by atoms with van der Waals surface area (Å²) in [6.07, 6.45) is 1.06. The molecule has 0 aromatic heterocycles. The summed E-state index contributed by atoms with van der Waals surface area (Å²) in [5.74, 6) is 1.83. The molecule has 0 radical (unpaired) electrons. The molecule has 3 unspecified atom stereocenters. The van der Waals surface area contributed by atoms with E-state index in [4.69, 9.17) is 9.47 Å². The van der Waals surface area contributed by atoms with E-state index in [2.05, 4.69) is 19.1 Å². The highest BCUT2D eigenvalue weighted by Crippen LogP contribution is 2.36. The van der Waals surface area contributed by atoms with Gasteiger partial charge in [0.25, 0.3) is 0 Å².